The summed E-state index contributed by atoms with van der Waals surface area (Å²) < 4.78 is 3.98. The zero-order valence-corrected chi connectivity index (χ0v) is 12.1. The van der Waals surface area contributed by atoms with E-state index in [4.69, 9.17) is 4.74 Å². The third-order valence-electron chi connectivity index (χ3n) is 1.68. The number of halogens is 2. The molecule has 0 heterocycles. The molecule has 0 radical (unpaired) electrons. The second-order valence-corrected chi connectivity index (χ2v) is 6.58. The first-order chi connectivity index (χ1) is 7.12. The molecule has 1 rings (SSSR count). The van der Waals surface area contributed by atoms with Gasteiger partial charge in [0.25, 0.3) is 0 Å². The minimum absolute atomic E-state index is 0.298. The lowest BCUT2D eigenvalue weighted by Crippen LogP contribution is -2.31. The van der Waals surface area contributed by atoms with E-state index in [0.29, 0.717) is 5.33 Å². The van der Waals surface area contributed by atoms with Gasteiger partial charge in [0.15, 0.2) is 3.66 Å². The first-order valence-corrected chi connectivity index (χ1v) is 6.93. The Balaban J connectivity index is 2.81. The maximum atomic E-state index is 11.5. The van der Waals surface area contributed by atoms with Gasteiger partial charge < -0.3 is 4.74 Å². The normalized spacial score (nSPS) is 14.3. The van der Waals surface area contributed by atoms with Gasteiger partial charge in [0.2, 0.25) is 0 Å². The average Bonchev–Trinajstić information content (AvgIpc) is 2.29. The molecule has 0 amide bonds. The van der Waals surface area contributed by atoms with Crippen LogP contribution in [0, 0.1) is 0 Å². The molecule has 0 bridgehead atoms. The second kappa shape index (κ2) is 5.92. The van der Waals surface area contributed by atoms with E-state index in [1.54, 1.807) is 0 Å². The van der Waals surface area contributed by atoms with Gasteiger partial charge in [-0.1, -0.05) is 61.8 Å². The van der Waals surface area contributed by atoms with Gasteiger partial charge in [-0.05, 0) is 12.1 Å². The van der Waals surface area contributed by atoms with Gasteiger partial charge in [-0.15, -0.1) is 0 Å². The van der Waals surface area contributed by atoms with Crippen LogP contribution in [0.15, 0.2) is 35.2 Å². The molecule has 1 unspecified atom stereocenters. The summed E-state index contributed by atoms with van der Waals surface area (Å²) in [6, 6.07) is 9.70. The van der Waals surface area contributed by atoms with Crippen molar-refractivity contribution in [2.24, 2.45) is 0 Å². The Morgan fingerprint density at radius 2 is 2.07 bits per heavy atom. The Kier molecular flexibility index (Phi) is 5.15. The standard InChI is InChI=1S/C10H10Br2O2S/c1-14-9(13)10(12,7-11)15-8-5-3-2-4-6-8/h2-6H,7H2,1H3. The zero-order valence-electron chi connectivity index (χ0n) is 8.07. The molecular formula is C10H10Br2O2S. The summed E-state index contributed by atoms with van der Waals surface area (Å²) in [5.41, 5.74) is 0. The molecule has 0 aliphatic heterocycles. The highest BCUT2D eigenvalue weighted by molar-refractivity contribution is 9.14. The van der Waals surface area contributed by atoms with Crippen molar-refractivity contribution in [3.63, 3.8) is 0 Å². The highest BCUT2D eigenvalue weighted by atomic mass is 79.9. The Morgan fingerprint density at radius 3 is 2.53 bits per heavy atom. The molecule has 1 aromatic carbocycles. The van der Waals surface area contributed by atoms with E-state index in [1.165, 1.54) is 18.9 Å². The van der Waals surface area contributed by atoms with Gasteiger partial charge in [-0.25, -0.2) is 4.79 Å². The largest absolute Gasteiger partial charge is 0.467 e. The fourth-order valence-corrected chi connectivity index (χ4v) is 3.13. The summed E-state index contributed by atoms with van der Waals surface area (Å²) in [7, 11) is 1.38. The molecule has 0 fully saturated rings. The number of rotatable bonds is 4. The maximum absolute atomic E-state index is 11.5. The van der Waals surface area contributed by atoms with Gasteiger partial charge >= 0.3 is 5.97 Å². The van der Waals surface area contributed by atoms with Crippen molar-refractivity contribution in [2.75, 3.05) is 12.4 Å². The van der Waals surface area contributed by atoms with Gasteiger partial charge in [0, 0.05) is 10.2 Å². The van der Waals surface area contributed by atoms with Gasteiger partial charge in [-0.3, -0.25) is 0 Å². The summed E-state index contributed by atoms with van der Waals surface area (Å²) in [5, 5.41) is 0.478. The van der Waals surface area contributed by atoms with Crippen molar-refractivity contribution in [1.82, 2.24) is 0 Å². The molecule has 5 heteroatoms. The maximum Gasteiger partial charge on any atom is 0.334 e. The van der Waals surface area contributed by atoms with Gasteiger partial charge in [0.05, 0.1) is 7.11 Å². The number of alkyl halides is 2. The first-order valence-electron chi connectivity index (χ1n) is 4.20. The first kappa shape index (κ1) is 13.1. The highest BCUT2D eigenvalue weighted by Crippen LogP contribution is 2.40. The number of hydrogen-bond acceptors (Lipinski definition) is 3. The van der Waals surface area contributed by atoms with Crippen molar-refractivity contribution in [2.45, 2.75) is 8.55 Å². The number of methoxy groups -OCH3 is 1. The SMILES string of the molecule is COC(=O)C(Br)(CBr)Sc1ccccc1. The summed E-state index contributed by atoms with van der Waals surface area (Å²) in [6.45, 7) is 0. The fraction of sp³-hybridized carbons (Fsp3) is 0.300. The fourth-order valence-electron chi connectivity index (χ4n) is 0.951. The van der Waals surface area contributed by atoms with Crippen molar-refractivity contribution >= 4 is 49.6 Å². The second-order valence-electron chi connectivity index (χ2n) is 2.77. The molecule has 0 aliphatic carbocycles. The molecule has 2 nitrogen and oxygen atoms in total. The smallest absolute Gasteiger partial charge is 0.334 e. The summed E-state index contributed by atoms with van der Waals surface area (Å²) in [5.74, 6) is -0.298. The summed E-state index contributed by atoms with van der Waals surface area (Å²) in [6.07, 6.45) is 0. The minimum Gasteiger partial charge on any atom is -0.467 e. The number of thioether (sulfide) groups is 1. The topological polar surface area (TPSA) is 26.3 Å². The Hall–Kier alpha value is -0.000000000000000111. The molecule has 0 N–H and O–H groups in total. The summed E-state index contributed by atoms with van der Waals surface area (Å²) >= 11 is 8.11. The van der Waals surface area contributed by atoms with Gasteiger partial charge in [-0.2, -0.15) is 0 Å². The molecule has 15 heavy (non-hydrogen) atoms. The van der Waals surface area contributed by atoms with Crippen LogP contribution in [0.4, 0.5) is 0 Å². The summed E-state index contributed by atoms with van der Waals surface area (Å²) in [4.78, 5) is 12.6. The monoisotopic (exact) mass is 352 g/mol. The molecular weight excluding hydrogens is 344 g/mol. The van der Waals surface area contributed by atoms with Crippen LogP contribution < -0.4 is 0 Å². The van der Waals surface area contributed by atoms with Crippen LogP contribution in [0.3, 0.4) is 0 Å². The minimum atomic E-state index is -0.761. The van der Waals surface area contributed by atoms with Crippen LogP contribution in [0.1, 0.15) is 0 Å². The number of esters is 1. The van der Waals surface area contributed by atoms with Crippen LogP contribution in [0.25, 0.3) is 0 Å². The predicted molar refractivity (Wildman–Crippen MR) is 69.8 cm³/mol. The number of carbonyl (C=O) groups is 1. The highest BCUT2D eigenvalue weighted by Gasteiger charge is 2.37. The number of carbonyl (C=O) groups excluding carboxylic acids is 1. The molecule has 0 spiro atoms. The molecule has 82 valence electrons. The predicted octanol–water partition coefficient (Wildman–Crippen LogP) is 3.44. The van der Waals surface area contributed by atoms with E-state index in [1.807, 2.05) is 30.3 Å². The van der Waals surface area contributed by atoms with Crippen LogP contribution in [0.2, 0.25) is 0 Å². The molecule has 1 atom stereocenters. The van der Waals surface area contributed by atoms with E-state index in [2.05, 4.69) is 31.9 Å². The van der Waals surface area contributed by atoms with Crippen molar-refractivity contribution in [1.29, 1.82) is 0 Å². The quantitative estimate of drug-likeness (QED) is 0.471. The van der Waals surface area contributed by atoms with Crippen molar-refractivity contribution in [3.05, 3.63) is 30.3 Å². The van der Waals surface area contributed by atoms with Crippen LogP contribution in [0.5, 0.6) is 0 Å². The molecule has 0 saturated carbocycles. The lowest BCUT2D eigenvalue weighted by molar-refractivity contribution is -0.140. The van der Waals surface area contributed by atoms with E-state index in [-0.39, 0.29) is 5.97 Å². The average molecular weight is 354 g/mol. The van der Waals surface area contributed by atoms with Crippen molar-refractivity contribution < 1.29 is 9.53 Å². The molecule has 1 aromatic rings. The van der Waals surface area contributed by atoms with Crippen LogP contribution in [-0.2, 0) is 9.53 Å². The lowest BCUT2D eigenvalue weighted by atomic mass is 10.4. The molecule has 0 aliphatic rings. The van der Waals surface area contributed by atoms with E-state index in [9.17, 15) is 4.79 Å². The zero-order chi connectivity index (χ0) is 11.3. The number of ether oxygens (including phenoxy) is 1. The van der Waals surface area contributed by atoms with Crippen LogP contribution >= 0.6 is 43.6 Å². The third-order valence-corrected chi connectivity index (χ3v) is 5.88. The van der Waals surface area contributed by atoms with Crippen molar-refractivity contribution in [3.8, 4) is 0 Å². The molecule has 0 saturated heterocycles. The number of hydrogen-bond donors (Lipinski definition) is 0. The van der Waals surface area contributed by atoms with E-state index >= 15 is 0 Å². The van der Waals surface area contributed by atoms with E-state index in [0.717, 1.165) is 4.90 Å². The third kappa shape index (κ3) is 3.50. The molecule has 0 aromatic heterocycles. The van der Waals surface area contributed by atoms with E-state index < -0.39 is 3.66 Å². The Labute approximate surface area is 110 Å². The van der Waals surface area contributed by atoms with Crippen LogP contribution in [-0.4, -0.2) is 22.1 Å². The lowest BCUT2D eigenvalue weighted by Gasteiger charge is -2.21. The number of benzene rings is 1. The van der Waals surface area contributed by atoms with Gasteiger partial charge in [0.1, 0.15) is 0 Å². The Bertz CT molecular complexity index is 331. The Morgan fingerprint density at radius 1 is 1.47 bits per heavy atom.